The molecule has 0 amide bonds. The van der Waals surface area contributed by atoms with Crippen molar-refractivity contribution in [2.24, 2.45) is 0 Å². The highest BCUT2D eigenvalue weighted by Crippen LogP contribution is 2.14. The number of carboxylic acid groups (broad SMARTS) is 1. The first-order chi connectivity index (χ1) is 17.2. The van der Waals surface area contributed by atoms with E-state index in [1.807, 2.05) is 0 Å². The van der Waals surface area contributed by atoms with E-state index in [1.165, 1.54) is 154 Å². The van der Waals surface area contributed by atoms with E-state index in [0.29, 0.717) is 0 Å². The van der Waals surface area contributed by atoms with Gasteiger partial charge < -0.3 is 5.11 Å². The van der Waals surface area contributed by atoms with Crippen molar-refractivity contribution in [3.63, 3.8) is 0 Å². The number of rotatable bonds is 30. The number of hydrogen-bond donors (Lipinski definition) is 1. The van der Waals surface area contributed by atoms with E-state index in [4.69, 9.17) is 0 Å². The third-order valence-corrected chi connectivity index (χ3v) is 7.51. The molecule has 0 aromatic carbocycles. The zero-order valence-electron chi connectivity index (χ0n) is 24.3. The summed E-state index contributed by atoms with van der Waals surface area (Å²) < 4.78 is 0. The van der Waals surface area contributed by atoms with Gasteiger partial charge in [0.1, 0.15) is 0 Å². The molecular weight excluding hydrogens is 430 g/mol. The maximum Gasteiger partial charge on any atom is 0.317 e. The SMILES string of the molecule is CCCCCCCCCCCCCCCN(CCCCCCCCCCCCCCC)CC(=O)O. The molecule has 0 saturated carbocycles. The fourth-order valence-electron chi connectivity index (χ4n) is 5.17. The van der Waals surface area contributed by atoms with Gasteiger partial charge in [-0.25, -0.2) is 0 Å². The molecule has 0 aromatic heterocycles. The quantitative estimate of drug-likeness (QED) is 0.101. The van der Waals surface area contributed by atoms with E-state index < -0.39 is 5.97 Å². The Hall–Kier alpha value is -0.570. The maximum atomic E-state index is 11.2. The molecule has 35 heavy (non-hydrogen) atoms. The average molecular weight is 496 g/mol. The van der Waals surface area contributed by atoms with Crippen molar-refractivity contribution in [2.75, 3.05) is 19.6 Å². The monoisotopic (exact) mass is 496 g/mol. The summed E-state index contributed by atoms with van der Waals surface area (Å²) in [5.41, 5.74) is 0. The van der Waals surface area contributed by atoms with E-state index in [1.54, 1.807) is 0 Å². The Bertz CT molecular complexity index is 382. The fraction of sp³-hybridized carbons (Fsp3) is 0.969. The fourth-order valence-corrected chi connectivity index (χ4v) is 5.17. The van der Waals surface area contributed by atoms with Gasteiger partial charge in [0, 0.05) is 0 Å². The molecule has 210 valence electrons. The van der Waals surface area contributed by atoms with Gasteiger partial charge in [-0.15, -0.1) is 0 Å². The lowest BCUT2D eigenvalue weighted by molar-refractivity contribution is -0.138. The zero-order valence-corrected chi connectivity index (χ0v) is 24.3. The zero-order chi connectivity index (χ0) is 25.7. The molecule has 0 aromatic rings. The Balaban J connectivity index is 3.50. The highest BCUT2D eigenvalue weighted by Gasteiger charge is 2.09. The van der Waals surface area contributed by atoms with Crippen LogP contribution in [-0.2, 0) is 4.79 Å². The Morgan fingerprint density at radius 2 is 0.657 bits per heavy atom. The van der Waals surface area contributed by atoms with Crippen molar-refractivity contribution in [3.05, 3.63) is 0 Å². The molecular formula is C32H65NO2. The molecule has 3 heteroatoms. The lowest BCUT2D eigenvalue weighted by atomic mass is 10.0. The second-order valence-electron chi connectivity index (χ2n) is 11.2. The van der Waals surface area contributed by atoms with E-state index in [-0.39, 0.29) is 6.54 Å². The van der Waals surface area contributed by atoms with Crippen molar-refractivity contribution >= 4 is 5.97 Å². The van der Waals surface area contributed by atoms with Crippen molar-refractivity contribution in [1.82, 2.24) is 4.90 Å². The predicted molar refractivity (Wildman–Crippen MR) is 155 cm³/mol. The third-order valence-electron chi connectivity index (χ3n) is 7.51. The van der Waals surface area contributed by atoms with Gasteiger partial charge in [-0.2, -0.15) is 0 Å². The van der Waals surface area contributed by atoms with Crippen LogP contribution >= 0.6 is 0 Å². The molecule has 0 atom stereocenters. The van der Waals surface area contributed by atoms with Crippen LogP contribution < -0.4 is 0 Å². The first kappa shape index (κ1) is 34.4. The summed E-state index contributed by atoms with van der Waals surface area (Å²) in [6, 6.07) is 0. The molecule has 0 aliphatic carbocycles. The molecule has 0 aliphatic heterocycles. The maximum absolute atomic E-state index is 11.2. The van der Waals surface area contributed by atoms with Crippen LogP contribution in [0.4, 0.5) is 0 Å². The van der Waals surface area contributed by atoms with Crippen LogP contribution in [0, 0.1) is 0 Å². The average Bonchev–Trinajstić information content (AvgIpc) is 2.84. The second-order valence-corrected chi connectivity index (χ2v) is 11.2. The lowest BCUT2D eigenvalue weighted by Gasteiger charge is -2.20. The molecule has 0 radical (unpaired) electrons. The molecule has 0 saturated heterocycles. The second kappa shape index (κ2) is 29.7. The molecule has 0 heterocycles. The Kier molecular flexibility index (Phi) is 29.2. The number of aliphatic carboxylic acids is 1. The topological polar surface area (TPSA) is 40.5 Å². The van der Waals surface area contributed by atoms with Gasteiger partial charge in [0.15, 0.2) is 0 Å². The number of unbranched alkanes of at least 4 members (excludes halogenated alkanes) is 24. The predicted octanol–water partition coefficient (Wildman–Crippen LogP) is 10.6. The van der Waals surface area contributed by atoms with Gasteiger partial charge in [-0.3, -0.25) is 9.69 Å². The summed E-state index contributed by atoms with van der Waals surface area (Å²) in [6.07, 6.45) is 35.5. The summed E-state index contributed by atoms with van der Waals surface area (Å²) in [5, 5.41) is 9.25. The smallest absolute Gasteiger partial charge is 0.317 e. The first-order valence-corrected chi connectivity index (χ1v) is 16.1. The van der Waals surface area contributed by atoms with Gasteiger partial charge >= 0.3 is 5.97 Å². The van der Waals surface area contributed by atoms with E-state index in [2.05, 4.69) is 18.7 Å². The first-order valence-electron chi connectivity index (χ1n) is 16.1. The largest absolute Gasteiger partial charge is 0.480 e. The minimum atomic E-state index is -0.672. The number of carbonyl (C=O) groups is 1. The molecule has 0 fully saturated rings. The number of carboxylic acids is 1. The van der Waals surface area contributed by atoms with Gasteiger partial charge in [0.2, 0.25) is 0 Å². The van der Waals surface area contributed by atoms with Crippen molar-refractivity contribution in [3.8, 4) is 0 Å². The van der Waals surface area contributed by atoms with Crippen molar-refractivity contribution < 1.29 is 9.90 Å². The van der Waals surface area contributed by atoms with Crippen molar-refractivity contribution in [2.45, 2.75) is 181 Å². The normalized spacial score (nSPS) is 11.5. The molecule has 0 aliphatic rings. The minimum absolute atomic E-state index is 0.219. The van der Waals surface area contributed by atoms with Crippen LogP contribution in [0.1, 0.15) is 181 Å². The molecule has 1 N–H and O–H groups in total. The van der Waals surface area contributed by atoms with Crippen LogP contribution in [0.3, 0.4) is 0 Å². The van der Waals surface area contributed by atoms with Crippen LogP contribution in [-0.4, -0.2) is 35.6 Å². The third kappa shape index (κ3) is 29.5. The van der Waals surface area contributed by atoms with Gasteiger partial charge in [-0.1, -0.05) is 168 Å². The summed E-state index contributed by atoms with van der Waals surface area (Å²) in [7, 11) is 0. The van der Waals surface area contributed by atoms with Gasteiger partial charge in [0.05, 0.1) is 6.54 Å². The summed E-state index contributed by atoms with van der Waals surface area (Å²) in [5.74, 6) is -0.672. The van der Waals surface area contributed by atoms with Crippen LogP contribution in [0.15, 0.2) is 0 Å². The van der Waals surface area contributed by atoms with Crippen LogP contribution in [0.2, 0.25) is 0 Å². The van der Waals surface area contributed by atoms with Crippen molar-refractivity contribution in [1.29, 1.82) is 0 Å². The summed E-state index contributed by atoms with van der Waals surface area (Å²) >= 11 is 0. The summed E-state index contributed by atoms with van der Waals surface area (Å²) in [6.45, 7) is 6.70. The summed E-state index contributed by atoms with van der Waals surface area (Å²) in [4.78, 5) is 13.4. The lowest BCUT2D eigenvalue weighted by Crippen LogP contribution is -2.31. The molecule has 0 spiro atoms. The van der Waals surface area contributed by atoms with Crippen LogP contribution in [0.5, 0.6) is 0 Å². The van der Waals surface area contributed by atoms with Gasteiger partial charge in [-0.05, 0) is 25.9 Å². The standard InChI is InChI=1S/C32H65NO2/c1-3-5-7-9-11-13-15-17-19-21-23-25-27-29-33(31-32(34)35)30-28-26-24-22-20-18-16-14-12-10-8-6-4-2/h3-31H2,1-2H3,(H,34,35). The molecule has 0 rings (SSSR count). The highest BCUT2D eigenvalue weighted by molar-refractivity contribution is 5.69. The Morgan fingerprint density at radius 1 is 0.429 bits per heavy atom. The van der Waals surface area contributed by atoms with E-state index in [9.17, 15) is 9.90 Å². The molecule has 0 bridgehead atoms. The Morgan fingerprint density at radius 3 is 0.886 bits per heavy atom. The van der Waals surface area contributed by atoms with Gasteiger partial charge in [0.25, 0.3) is 0 Å². The highest BCUT2D eigenvalue weighted by atomic mass is 16.4. The minimum Gasteiger partial charge on any atom is -0.480 e. The van der Waals surface area contributed by atoms with Crippen LogP contribution in [0.25, 0.3) is 0 Å². The van der Waals surface area contributed by atoms with E-state index in [0.717, 1.165) is 25.9 Å². The molecule has 0 unspecified atom stereocenters. The number of nitrogens with zero attached hydrogens (tertiary/aromatic N) is 1. The van der Waals surface area contributed by atoms with E-state index >= 15 is 0 Å². The Labute approximate surface area is 221 Å². The molecule has 3 nitrogen and oxygen atoms in total. The number of hydrogen-bond acceptors (Lipinski definition) is 2.